The Morgan fingerprint density at radius 2 is 1.89 bits per heavy atom. The molecule has 0 heterocycles. The summed E-state index contributed by atoms with van der Waals surface area (Å²) in [6.45, 7) is 4.92. The molecule has 0 unspecified atom stereocenters. The van der Waals surface area contributed by atoms with Gasteiger partial charge in [0.25, 0.3) is 0 Å². The molecule has 0 amide bonds. The van der Waals surface area contributed by atoms with Crippen molar-refractivity contribution in [2.45, 2.75) is 32.2 Å². The zero-order valence-electron chi connectivity index (χ0n) is 11.5. The Morgan fingerprint density at radius 1 is 1.28 bits per heavy atom. The summed E-state index contributed by atoms with van der Waals surface area (Å²) in [7, 11) is 1.98. The van der Waals surface area contributed by atoms with E-state index in [2.05, 4.69) is 4.90 Å². The Labute approximate surface area is 109 Å². The fourth-order valence-corrected chi connectivity index (χ4v) is 1.67. The van der Waals surface area contributed by atoms with Crippen LogP contribution in [-0.2, 0) is 0 Å². The summed E-state index contributed by atoms with van der Waals surface area (Å²) in [6.07, 6.45) is 1.36. The number of Topliss-reactive ketones (excluding diaryl/α,β-unsaturated/α-hetero) is 1. The predicted molar refractivity (Wildman–Crippen MR) is 73.8 cm³/mol. The highest BCUT2D eigenvalue weighted by Gasteiger charge is 2.21. The van der Waals surface area contributed by atoms with Crippen molar-refractivity contribution in [2.75, 3.05) is 20.2 Å². The summed E-state index contributed by atoms with van der Waals surface area (Å²) >= 11 is 0. The van der Waals surface area contributed by atoms with Crippen LogP contribution in [0.4, 0.5) is 0 Å². The molecule has 0 bridgehead atoms. The van der Waals surface area contributed by atoms with Gasteiger partial charge in [-0.2, -0.15) is 0 Å². The van der Waals surface area contributed by atoms with Crippen molar-refractivity contribution in [1.82, 2.24) is 4.90 Å². The number of carbonyl (C=O) groups excluding carboxylic acids is 1. The highest BCUT2D eigenvalue weighted by Crippen LogP contribution is 2.12. The molecule has 0 fully saturated rings. The Bertz CT molecular complexity index is 373. The van der Waals surface area contributed by atoms with Crippen molar-refractivity contribution in [1.29, 1.82) is 0 Å². The molecule has 1 aromatic carbocycles. The molecule has 0 radical (unpaired) electrons. The van der Waals surface area contributed by atoms with Gasteiger partial charge in [-0.15, -0.1) is 0 Å². The van der Waals surface area contributed by atoms with E-state index in [4.69, 9.17) is 0 Å². The molecule has 100 valence electrons. The Hall–Kier alpha value is -1.19. The standard InChI is InChI=1S/C15H23NO2/c1-15(2,12-17)16(3)11-7-10-14(18)13-8-5-4-6-9-13/h4-6,8-9,17H,7,10-12H2,1-3H3. The monoisotopic (exact) mass is 249 g/mol. The van der Waals surface area contributed by atoms with Crippen molar-refractivity contribution in [3.63, 3.8) is 0 Å². The predicted octanol–water partition coefficient (Wildman–Crippen LogP) is 2.35. The van der Waals surface area contributed by atoms with Gasteiger partial charge in [0.2, 0.25) is 0 Å². The molecule has 0 saturated heterocycles. The smallest absolute Gasteiger partial charge is 0.162 e. The lowest BCUT2D eigenvalue weighted by molar-refractivity contribution is 0.0759. The summed E-state index contributed by atoms with van der Waals surface area (Å²) in [5.41, 5.74) is 0.553. The highest BCUT2D eigenvalue weighted by molar-refractivity contribution is 5.95. The van der Waals surface area contributed by atoms with Crippen LogP contribution >= 0.6 is 0 Å². The zero-order chi connectivity index (χ0) is 13.6. The van der Waals surface area contributed by atoms with Crippen molar-refractivity contribution in [3.8, 4) is 0 Å². The number of nitrogens with zero attached hydrogens (tertiary/aromatic N) is 1. The SMILES string of the molecule is CN(CCCC(=O)c1ccccc1)C(C)(C)CO. The highest BCUT2D eigenvalue weighted by atomic mass is 16.3. The van der Waals surface area contributed by atoms with Crippen molar-refractivity contribution >= 4 is 5.78 Å². The lowest BCUT2D eigenvalue weighted by Crippen LogP contribution is -2.44. The van der Waals surface area contributed by atoms with E-state index in [0.717, 1.165) is 18.5 Å². The van der Waals surface area contributed by atoms with E-state index in [-0.39, 0.29) is 17.9 Å². The van der Waals surface area contributed by atoms with E-state index in [1.165, 1.54) is 0 Å². The maximum atomic E-state index is 11.9. The molecular weight excluding hydrogens is 226 g/mol. The Kier molecular flexibility index (Phi) is 5.51. The van der Waals surface area contributed by atoms with Crippen LogP contribution in [-0.4, -0.2) is 41.5 Å². The fraction of sp³-hybridized carbons (Fsp3) is 0.533. The van der Waals surface area contributed by atoms with Gasteiger partial charge in [-0.3, -0.25) is 9.69 Å². The van der Waals surface area contributed by atoms with Gasteiger partial charge in [-0.1, -0.05) is 30.3 Å². The molecule has 3 heteroatoms. The molecule has 0 atom stereocenters. The quantitative estimate of drug-likeness (QED) is 0.754. The van der Waals surface area contributed by atoms with Crippen LogP contribution in [0, 0.1) is 0 Å². The summed E-state index contributed by atoms with van der Waals surface area (Å²) in [5.74, 6) is 0.186. The van der Waals surface area contributed by atoms with Crippen LogP contribution in [0.2, 0.25) is 0 Å². The van der Waals surface area contributed by atoms with Gasteiger partial charge in [0, 0.05) is 17.5 Å². The molecule has 0 aliphatic heterocycles. The minimum atomic E-state index is -0.226. The van der Waals surface area contributed by atoms with Gasteiger partial charge in [0.15, 0.2) is 5.78 Å². The average molecular weight is 249 g/mol. The molecule has 1 rings (SSSR count). The van der Waals surface area contributed by atoms with Gasteiger partial charge in [-0.05, 0) is 33.9 Å². The molecule has 0 aliphatic rings. The number of ketones is 1. The van der Waals surface area contributed by atoms with Crippen LogP contribution in [0.3, 0.4) is 0 Å². The van der Waals surface area contributed by atoms with Crippen LogP contribution < -0.4 is 0 Å². The van der Waals surface area contributed by atoms with E-state index in [1.807, 2.05) is 51.2 Å². The number of hydrogen-bond acceptors (Lipinski definition) is 3. The van der Waals surface area contributed by atoms with Gasteiger partial charge in [0.05, 0.1) is 6.61 Å². The lowest BCUT2D eigenvalue weighted by atomic mass is 10.0. The Morgan fingerprint density at radius 3 is 2.44 bits per heavy atom. The first-order chi connectivity index (χ1) is 8.47. The topological polar surface area (TPSA) is 40.5 Å². The number of hydrogen-bond donors (Lipinski definition) is 1. The van der Waals surface area contributed by atoms with E-state index in [1.54, 1.807) is 0 Å². The number of rotatable bonds is 7. The molecule has 0 aromatic heterocycles. The number of aliphatic hydroxyl groups excluding tert-OH is 1. The Balaban J connectivity index is 2.37. The third kappa shape index (κ3) is 4.24. The maximum Gasteiger partial charge on any atom is 0.162 e. The summed E-state index contributed by atoms with van der Waals surface area (Å²) < 4.78 is 0. The fourth-order valence-electron chi connectivity index (χ4n) is 1.67. The lowest BCUT2D eigenvalue weighted by Gasteiger charge is -2.33. The maximum absolute atomic E-state index is 11.9. The van der Waals surface area contributed by atoms with E-state index in [9.17, 15) is 9.90 Å². The summed E-state index contributed by atoms with van der Waals surface area (Å²) in [5, 5.41) is 9.24. The van der Waals surface area contributed by atoms with E-state index >= 15 is 0 Å². The third-order valence-corrected chi connectivity index (χ3v) is 3.41. The van der Waals surface area contributed by atoms with Crippen molar-refractivity contribution < 1.29 is 9.90 Å². The minimum absolute atomic E-state index is 0.121. The number of benzene rings is 1. The average Bonchev–Trinajstić information content (AvgIpc) is 2.39. The second-order valence-electron chi connectivity index (χ2n) is 5.28. The first-order valence-electron chi connectivity index (χ1n) is 6.38. The van der Waals surface area contributed by atoms with Crippen LogP contribution in [0.25, 0.3) is 0 Å². The molecule has 0 aliphatic carbocycles. The molecule has 0 saturated carbocycles. The van der Waals surface area contributed by atoms with Gasteiger partial charge in [-0.25, -0.2) is 0 Å². The molecule has 18 heavy (non-hydrogen) atoms. The van der Waals surface area contributed by atoms with Crippen molar-refractivity contribution in [3.05, 3.63) is 35.9 Å². The molecular formula is C15H23NO2. The van der Waals surface area contributed by atoms with E-state index < -0.39 is 0 Å². The van der Waals surface area contributed by atoms with Gasteiger partial charge >= 0.3 is 0 Å². The van der Waals surface area contributed by atoms with Crippen molar-refractivity contribution in [2.24, 2.45) is 0 Å². The van der Waals surface area contributed by atoms with Crippen LogP contribution in [0.5, 0.6) is 0 Å². The molecule has 3 nitrogen and oxygen atoms in total. The molecule has 1 aromatic rings. The number of carbonyl (C=O) groups is 1. The summed E-state index contributed by atoms with van der Waals surface area (Å²) in [6, 6.07) is 9.38. The first kappa shape index (κ1) is 14.9. The van der Waals surface area contributed by atoms with Gasteiger partial charge in [0.1, 0.15) is 0 Å². The van der Waals surface area contributed by atoms with Gasteiger partial charge < -0.3 is 5.11 Å². The largest absolute Gasteiger partial charge is 0.394 e. The second kappa shape index (κ2) is 6.66. The minimum Gasteiger partial charge on any atom is -0.394 e. The molecule has 0 spiro atoms. The van der Waals surface area contributed by atoms with Crippen LogP contribution in [0.15, 0.2) is 30.3 Å². The molecule has 1 N–H and O–H groups in total. The zero-order valence-corrected chi connectivity index (χ0v) is 11.5. The first-order valence-corrected chi connectivity index (χ1v) is 6.38. The summed E-state index contributed by atoms with van der Waals surface area (Å²) in [4.78, 5) is 14.0. The second-order valence-corrected chi connectivity index (χ2v) is 5.28. The van der Waals surface area contributed by atoms with Crippen LogP contribution in [0.1, 0.15) is 37.0 Å². The van der Waals surface area contributed by atoms with E-state index in [0.29, 0.717) is 6.42 Å². The number of aliphatic hydroxyl groups is 1. The normalized spacial score (nSPS) is 11.8. The third-order valence-electron chi connectivity index (χ3n) is 3.41. The number of likely N-dealkylation sites (N-methyl/N-ethyl adjacent to an activating group) is 1.